The summed E-state index contributed by atoms with van der Waals surface area (Å²) in [5.74, 6) is -0.234. The molecule has 0 saturated carbocycles. The summed E-state index contributed by atoms with van der Waals surface area (Å²) in [5.41, 5.74) is 1.96. The molecule has 1 rings (SSSR count). The molecular formula is C12H12FN. The SMILES string of the molecule is CC/C=C(\C#N)c1ccc(F)c(C)c1. The summed E-state index contributed by atoms with van der Waals surface area (Å²) >= 11 is 0. The zero-order valence-corrected chi connectivity index (χ0v) is 8.34. The van der Waals surface area contributed by atoms with E-state index in [1.807, 2.05) is 13.0 Å². The first kappa shape index (κ1) is 10.5. The lowest BCUT2D eigenvalue weighted by Crippen LogP contribution is -1.86. The molecule has 0 spiro atoms. The maximum Gasteiger partial charge on any atom is 0.126 e. The lowest BCUT2D eigenvalue weighted by molar-refractivity contribution is 0.618. The lowest BCUT2D eigenvalue weighted by atomic mass is 10.0. The molecule has 0 fully saturated rings. The summed E-state index contributed by atoms with van der Waals surface area (Å²) in [7, 11) is 0. The Morgan fingerprint density at radius 2 is 2.29 bits per heavy atom. The van der Waals surface area contributed by atoms with Gasteiger partial charge in [-0.2, -0.15) is 5.26 Å². The zero-order chi connectivity index (χ0) is 10.6. The van der Waals surface area contributed by atoms with E-state index in [0.717, 1.165) is 12.0 Å². The molecule has 0 aliphatic rings. The minimum absolute atomic E-state index is 0.234. The second-order valence-corrected chi connectivity index (χ2v) is 3.10. The van der Waals surface area contributed by atoms with Gasteiger partial charge in [-0.25, -0.2) is 4.39 Å². The third-order valence-corrected chi connectivity index (χ3v) is 2.00. The molecule has 0 unspecified atom stereocenters. The van der Waals surface area contributed by atoms with Gasteiger partial charge in [-0.3, -0.25) is 0 Å². The highest BCUT2D eigenvalue weighted by molar-refractivity contribution is 5.76. The van der Waals surface area contributed by atoms with Crippen molar-refractivity contribution in [3.8, 4) is 6.07 Å². The maximum atomic E-state index is 12.9. The Kier molecular flexibility index (Phi) is 3.41. The summed E-state index contributed by atoms with van der Waals surface area (Å²) in [5, 5.41) is 8.86. The predicted molar refractivity (Wildman–Crippen MR) is 55.0 cm³/mol. The van der Waals surface area contributed by atoms with Crippen LogP contribution in [0.2, 0.25) is 0 Å². The van der Waals surface area contributed by atoms with Crippen LogP contribution in [0.5, 0.6) is 0 Å². The fraction of sp³-hybridized carbons (Fsp3) is 0.250. The van der Waals surface area contributed by atoms with Crippen molar-refractivity contribution in [2.24, 2.45) is 0 Å². The highest BCUT2D eigenvalue weighted by atomic mass is 19.1. The van der Waals surface area contributed by atoms with E-state index < -0.39 is 0 Å². The Hall–Kier alpha value is -1.62. The van der Waals surface area contributed by atoms with Gasteiger partial charge < -0.3 is 0 Å². The molecule has 0 radical (unpaired) electrons. The van der Waals surface area contributed by atoms with Crippen molar-refractivity contribution < 1.29 is 4.39 Å². The first-order chi connectivity index (χ1) is 6.69. The van der Waals surface area contributed by atoms with Gasteiger partial charge in [0.1, 0.15) is 5.82 Å². The van der Waals surface area contributed by atoms with Crippen LogP contribution in [0.15, 0.2) is 24.3 Å². The van der Waals surface area contributed by atoms with Crippen LogP contribution in [0.4, 0.5) is 4.39 Å². The minimum Gasteiger partial charge on any atom is -0.207 e. The summed E-state index contributed by atoms with van der Waals surface area (Å²) in [6, 6.07) is 6.83. The largest absolute Gasteiger partial charge is 0.207 e. The fourth-order valence-corrected chi connectivity index (χ4v) is 1.24. The maximum absolute atomic E-state index is 12.9. The van der Waals surface area contributed by atoms with E-state index in [-0.39, 0.29) is 5.82 Å². The Balaban J connectivity index is 3.14. The molecule has 14 heavy (non-hydrogen) atoms. The Labute approximate surface area is 83.5 Å². The molecule has 1 aromatic rings. The smallest absolute Gasteiger partial charge is 0.126 e. The van der Waals surface area contributed by atoms with Crippen LogP contribution in [0.3, 0.4) is 0 Å². The number of hydrogen-bond acceptors (Lipinski definition) is 1. The molecule has 0 heterocycles. The predicted octanol–water partition coefficient (Wildman–Crippen LogP) is 3.45. The van der Waals surface area contributed by atoms with E-state index in [1.54, 1.807) is 19.1 Å². The van der Waals surface area contributed by atoms with Gasteiger partial charge in [0.2, 0.25) is 0 Å². The average molecular weight is 189 g/mol. The molecule has 0 amide bonds. The van der Waals surface area contributed by atoms with Crippen LogP contribution in [0, 0.1) is 24.1 Å². The summed E-state index contributed by atoms with van der Waals surface area (Å²) in [6.45, 7) is 3.66. The van der Waals surface area contributed by atoms with Crippen molar-refractivity contribution in [2.45, 2.75) is 20.3 Å². The molecule has 72 valence electrons. The number of halogens is 1. The normalized spacial score (nSPS) is 11.1. The molecule has 1 aromatic carbocycles. The van der Waals surface area contributed by atoms with Crippen LogP contribution < -0.4 is 0 Å². The van der Waals surface area contributed by atoms with Gasteiger partial charge in [0.15, 0.2) is 0 Å². The van der Waals surface area contributed by atoms with E-state index >= 15 is 0 Å². The molecule has 0 aliphatic carbocycles. The number of aryl methyl sites for hydroxylation is 1. The van der Waals surface area contributed by atoms with Gasteiger partial charge in [0.05, 0.1) is 11.6 Å². The van der Waals surface area contributed by atoms with Crippen LogP contribution in [0.1, 0.15) is 24.5 Å². The first-order valence-electron chi connectivity index (χ1n) is 4.55. The number of nitriles is 1. The number of rotatable bonds is 2. The van der Waals surface area contributed by atoms with Gasteiger partial charge in [-0.15, -0.1) is 0 Å². The van der Waals surface area contributed by atoms with E-state index in [1.165, 1.54) is 6.07 Å². The summed E-state index contributed by atoms with van der Waals surface area (Å²) in [6.07, 6.45) is 2.64. The molecule has 0 bridgehead atoms. The standard InChI is InChI=1S/C12H12FN/c1-3-4-11(8-14)10-5-6-12(13)9(2)7-10/h4-7H,3H2,1-2H3/b11-4+. The molecule has 1 nitrogen and oxygen atoms in total. The number of allylic oxidation sites excluding steroid dienone is 2. The molecule has 0 saturated heterocycles. The first-order valence-corrected chi connectivity index (χ1v) is 4.55. The van der Waals surface area contributed by atoms with E-state index in [4.69, 9.17) is 5.26 Å². The molecule has 0 N–H and O–H groups in total. The quantitative estimate of drug-likeness (QED) is 0.653. The molecule has 2 heteroatoms. The third-order valence-electron chi connectivity index (χ3n) is 2.00. The second-order valence-electron chi connectivity index (χ2n) is 3.10. The van der Waals surface area contributed by atoms with E-state index in [0.29, 0.717) is 11.1 Å². The number of hydrogen-bond donors (Lipinski definition) is 0. The van der Waals surface area contributed by atoms with Crippen LogP contribution >= 0.6 is 0 Å². The Morgan fingerprint density at radius 3 is 2.79 bits per heavy atom. The third kappa shape index (κ3) is 2.20. The van der Waals surface area contributed by atoms with E-state index in [9.17, 15) is 4.39 Å². The van der Waals surface area contributed by atoms with Crippen LogP contribution in [0.25, 0.3) is 5.57 Å². The van der Waals surface area contributed by atoms with E-state index in [2.05, 4.69) is 6.07 Å². The monoisotopic (exact) mass is 189 g/mol. The lowest BCUT2D eigenvalue weighted by Gasteiger charge is -2.01. The number of nitrogens with zero attached hydrogens (tertiary/aromatic N) is 1. The van der Waals surface area contributed by atoms with Gasteiger partial charge in [0, 0.05) is 0 Å². The van der Waals surface area contributed by atoms with Gasteiger partial charge >= 0.3 is 0 Å². The summed E-state index contributed by atoms with van der Waals surface area (Å²) < 4.78 is 12.9. The molecule has 0 aromatic heterocycles. The number of benzene rings is 1. The molecular weight excluding hydrogens is 177 g/mol. The minimum atomic E-state index is -0.234. The second kappa shape index (κ2) is 4.57. The zero-order valence-electron chi connectivity index (χ0n) is 8.34. The summed E-state index contributed by atoms with van der Waals surface area (Å²) in [4.78, 5) is 0. The average Bonchev–Trinajstić information content (AvgIpc) is 2.19. The van der Waals surface area contributed by atoms with Crippen LogP contribution in [-0.4, -0.2) is 0 Å². The van der Waals surface area contributed by atoms with Gasteiger partial charge in [0.25, 0.3) is 0 Å². The van der Waals surface area contributed by atoms with Crippen LogP contribution in [-0.2, 0) is 0 Å². The van der Waals surface area contributed by atoms with Gasteiger partial charge in [-0.1, -0.05) is 19.1 Å². The van der Waals surface area contributed by atoms with Gasteiger partial charge in [-0.05, 0) is 36.6 Å². The highest BCUT2D eigenvalue weighted by Gasteiger charge is 2.02. The Morgan fingerprint density at radius 1 is 1.57 bits per heavy atom. The van der Waals surface area contributed by atoms with Crippen molar-refractivity contribution in [2.75, 3.05) is 0 Å². The Bertz CT molecular complexity index is 399. The molecule has 0 atom stereocenters. The topological polar surface area (TPSA) is 23.8 Å². The van der Waals surface area contributed by atoms with Crippen molar-refractivity contribution in [3.63, 3.8) is 0 Å². The van der Waals surface area contributed by atoms with Crippen molar-refractivity contribution in [3.05, 3.63) is 41.2 Å². The highest BCUT2D eigenvalue weighted by Crippen LogP contribution is 2.17. The van der Waals surface area contributed by atoms with Crippen molar-refractivity contribution in [1.82, 2.24) is 0 Å². The van der Waals surface area contributed by atoms with Crippen molar-refractivity contribution in [1.29, 1.82) is 5.26 Å². The fourth-order valence-electron chi connectivity index (χ4n) is 1.24. The van der Waals surface area contributed by atoms with Crippen molar-refractivity contribution >= 4 is 5.57 Å². The molecule has 0 aliphatic heterocycles.